The largest absolute Gasteiger partial charge is 0.490 e. The van der Waals surface area contributed by atoms with Crippen LogP contribution in [-0.2, 0) is 47.6 Å². The van der Waals surface area contributed by atoms with Crippen molar-refractivity contribution in [2.45, 2.75) is 64.2 Å². The number of hydrogen-bond acceptors (Lipinski definition) is 7. The van der Waals surface area contributed by atoms with E-state index >= 15 is 0 Å². The van der Waals surface area contributed by atoms with Crippen LogP contribution in [0.3, 0.4) is 0 Å². The number of benzene rings is 3. The van der Waals surface area contributed by atoms with Crippen LogP contribution in [0.25, 0.3) is 0 Å². The molecule has 0 saturated heterocycles. The molecule has 16 heteroatoms. The molecule has 0 aliphatic heterocycles. The smallest absolute Gasteiger partial charge is 0.416 e. The number of anilines is 2. The maximum atomic E-state index is 13.9. The quantitative estimate of drug-likeness (QED) is 0.0697. The zero-order valence-corrected chi connectivity index (χ0v) is 27.8. The number of esters is 1. The van der Waals surface area contributed by atoms with Crippen molar-refractivity contribution in [2.75, 3.05) is 30.0 Å². The van der Waals surface area contributed by atoms with Crippen molar-refractivity contribution in [1.82, 2.24) is 9.97 Å². The van der Waals surface area contributed by atoms with Crippen LogP contribution < -0.4 is 15.0 Å². The first-order valence-electron chi connectivity index (χ1n) is 16.1. The van der Waals surface area contributed by atoms with Gasteiger partial charge in [0.05, 0.1) is 42.3 Å². The van der Waals surface area contributed by atoms with Gasteiger partial charge in [0.1, 0.15) is 0 Å². The molecule has 0 amide bonds. The third kappa shape index (κ3) is 12.0. The standard InChI is InChI=1S/C36H35F9N4O3/c1-2-51-32(50)11-7-15-52-30-20-47-33(48-21-30)49(22-25-16-28(35(40,41)42)19-29(17-25)36(43,44)45)23-26-18-27(34(37,38)39)12-13-31(26)46-14-6-10-24-8-4-3-5-9-24/h3-5,8-9,12-13,16-21,46H,2,6-7,10-11,14-15,22-23H2,1H3. The molecular weight excluding hydrogens is 707 g/mol. The van der Waals surface area contributed by atoms with E-state index in [-0.39, 0.29) is 48.6 Å². The topological polar surface area (TPSA) is 76.6 Å². The summed E-state index contributed by atoms with van der Waals surface area (Å²) in [6.07, 6.45) is -11.0. The number of carbonyl (C=O) groups is 1. The molecule has 0 atom stereocenters. The number of nitrogens with zero attached hydrogens (tertiary/aromatic N) is 3. The van der Waals surface area contributed by atoms with E-state index in [2.05, 4.69) is 15.3 Å². The molecule has 0 spiro atoms. The van der Waals surface area contributed by atoms with Gasteiger partial charge in [-0.25, -0.2) is 9.97 Å². The van der Waals surface area contributed by atoms with E-state index in [4.69, 9.17) is 9.47 Å². The molecule has 0 radical (unpaired) electrons. The van der Waals surface area contributed by atoms with Crippen LogP contribution in [0, 0.1) is 0 Å². The highest BCUT2D eigenvalue weighted by atomic mass is 19.4. The predicted molar refractivity (Wildman–Crippen MR) is 174 cm³/mol. The molecule has 0 aliphatic rings. The Balaban J connectivity index is 1.66. The van der Waals surface area contributed by atoms with Crippen molar-refractivity contribution in [2.24, 2.45) is 0 Å². The monoisotopic (exact) mass is 742 g/mol. The minimum absolute atomic E-state index is 0.0112. The van der Waals surface area contributed by atoms with E-state index in [1.165, 1.54) is 23.4 Å². The molecule has 4 aromatic rings. The van der Waals surface area contributed by atoms with Gasteiger partial charge in [-0.3, -0.25) is 4.79 Å². The van der Waals surface area contributed by atoms with Gasteiger partial charge in [0, 0.05) is 31.7 Å². The third-order valence-electron chi connectivity index (χ3n) is 7.61. The second-order valence-corrected chi connectivity index (χ2v) is 11.6. The number of carbonyl (C=O) groups excluding carboxylic acids is 1. The van der Waals surface area contributed by atoms with Crippen LogP contribution in [0.4, 0.5) is 51.1 Å². The SMILES string of the molecule is CCOC(=O)CCCOc1cnc(N(Cc2cc(C(F)(F)F)cc(C(F)(F)F)c2)Cc2cc(C(F)(F)F)ccc2NCCCc2ccccc2)nc1. The van der Waals surface area contributed by atoms with Crippen LogP contribution in [0.1, 0.15) is 59.6 Å². The molecule has 1 heterocycles. The zero-order valence-electron chi connectivity index (χ0n) is 27.8. The number of halogens is 9. The van der Waals surface area contributed by atoms with Gasteiger partial charge in [0.25, 0.3) is 0 Å². The molecule has 1 N–H and O–H groups in total. The number of aromatic nitrogens is 2. The first-order chi connectivity index (χ1) is 24.5. The molecule has 0 unspecified atom stereocenters. The van der Waals surface area contributed by atoms with E-state index in [0.29, 0.717) is 37.9 Å². The lowest BCUT2D eigenvalue weighted by Gasteiger charge is -2.26. The zero-order chi connectivity index (χ0) is 37.9. The predicted octanol–water partition coefficient (Wildman–Crippen LogP) is 9.51. The van der Waals surface area contributed by atoms with Gasteiger partial charge in [-0.05, 0) is 79.3 Å². The van der Waals surface area contributed by atoms with Crippen molar-refractivity contribution in [3.05, 3.63) is 113 Å². The highest BCUT2D eigenvalue weighted by Gasteiger charge is 2.37. The minimum Gasteiger partial charge on any atom is -0.490 e. The molecule has 7 nitrogen and oxygen atoms in total. The van der Waals surface area contributed by atoms with Gasteiger partial charge in [0.2, 0.25) is 5.95 Å². The lowest BCUT2D eigenvalue weighted by Crippen LogP contribution is -2.26. The molecule has 4 rings (SSSR count). The minimum atomic E-state index is -5.12. The third-order valence-corrected chi connectivity index (χ3v) is 7.61. The van der Waals surface area contributed by atoms with Gasteiger partial charge < -0.3 is 19.7 Å². The fraction of sp³-hybridized carbons (Fsp3) is 0.361. The average Bonchev–Trinajstić information content (AvgIpc) is 3.08. The summed E-state index contributed by atoms with van der Waals surface area (Å²) in [5.41, 5.74) is -3.19. The van der Waals surface area contributed by atoms with Crippen LogP contribution >= 0.6 is 0 Å². The number of hydrogen-bond donors (Lipinski definition) is 1. The number of alkyl halides is 9. The summed E-state index contributed by atoms with van der Waals surface area (Å²) in [7, 11) is 0. The van der Waals surface area contributed by atoms with Crippen LogP contribution in [0.5, 0.6) is 5.75 Å². The highest BCUT2D eigenvalue weighted by molar-refractivity contribution is 5.69. The first-order valence-corrected chi connectivity index (χ1v) is 16.1. The number of rotatable bonds is 16. The van der Waals surface area contributed by atoms with Gasteiger partial charge in [0.15, 0.2) is 5.75 Å². The van der Waals surface area contributed by atoms with Gasteiger partial charge in [-0.1, -0.05) is 30.3 Å². The molecule has 280 valence electrons. The van der Waals surface area contributed by atoms with Crippen molar-refractivity contribution >= 4 is 17.6 Å². The summed E-state index contributed by atoms with van der Waals surface area (Å²) >= 11 is 0. The average molecular weight is 743 g/mol. The van der Waals surface area contributed by atoms with E-state index in [1.54, 1.807) is 6.92 Å². The van der Waals surface area contributed by atoms with Crippen molar-refractivity contribution < 1.29 is 53.8 Å². The second kappa shape index (κ2) is 17.5. The Labute approximate surface area is 293 Å². The van der Waals surface area contributed by atoms with E-state index in [9.17, 15) is 44.3 Å². The Bertz CT molecular complexity index is 1720. The van der Waals surface area contributed by atoms with Crippen molar-refractivity contribution in [1.29, 1.82) is 0 Å². The number of ether oxygens (including phenoxy) is 2. The Morgan fingerprint density at radius 2 is 1.38 bits per heavy atom. The number of nitrogens with one attached hydrogen (secondary N) is 1. The van der Waals surface area contributed by atoms with Crippen molar-refractivity contribution in [3.8, 4) is 5.75 Å². The summed E-state index contributed by atoms with van der Waals surface area (Å²) < 4.78 is 134. The normalized spacial score (nSPS) is 12.0. The van der Waals surface area contributed by atoms with Gasteiger partial charge in [-0.15, -0.1) is 0 Å². The Morgan fingerprint density at radius 3 is 1.98 bits per heavy atom. The molecule has 0 saturated carbocycles. The summed E-state index contributed by atoms with van der Waals surface area (Å²) in [5, 5.41) is 3.11. The van der Waals surface area contributed by atoms with Crippen LogP contribution in [-0.4, -0.2) is 35.7 Å². The fourth-order valence-electron chi connectivity index (χ4n) is 5.15. The second-order valence-electron chi connectivity index (χ2n) is 11.6. The fourth-order valence-corrected chi connectivity index (χ4v) is 5.15. The van der Waals surface area contributed by atoms with Crippen molar-refractivity contribution in [3.63, 3.8) is 0 Å². The summed E-state index contributed by atoms with van der Waals surface area (Å²) in [6.45, 7) is 1.21. The first kappa shape index (κ1) is 39.8. The highest BCUT2D eigenvalue weighted by Crippen LogP contribution is 2.37. The molecule has 3 aromatic carbocycles. The summed E-state index contributed by atoms with van der Waals surface area (Å²) in [6, 6.07) is 13.5. The Morgan fingerprint density at radius 1 is 0.750 bits per heavy atom. The molecule has 1 aromatic heterocycles. The lowest BCUT2D eigenvalue weighted by molar-refractivity contribution is -0.144. The van der Waals surface area contributed by atoms with E-state index in [0.717, 1.165) is 17.7 Å². The van der Waals surface area contributed by atoms with E-state index < -0.39 is 59.8 Å². The maximum Gasteiger partial charge on any atom is 0.416 e. The van der Waals surface area contributed by atoms with Crippen LogP contribution in [0.2, 0.25) is 0 Å². The molecule has 0 aliphatic carbocycles. The Hall–Kier alpha value is -5.02. The Kier molecular flexibility index (Phi) is 13.4. The molecule has 0 bridgehead atoms. The molecule has 0 fully saturated rings. The lowest BCUT2D eigenvalue weighted by atomic mass is 10.0. The van der Waals surface area contributed by atoms with Crippen LogP contribution in [0.15, 0.2) is 79.1 Å². The summed E-state index contributed by atoms with van der Waals surface area (Å²) in [4.78, 5) is 21.1. The summed E-state index contributed by atoms with van der Waals surface area (Å²) in [5.74, 6) is -0.501. The van der Waals surface area contributed by atoms with Gasteiger partial charge >= 0.3 is 24.5 Å². The number of aryl methyl sites for hydroxylation is 1. The maximum absolute atomic E-state index is 13.9. The molecule has 52 heavy (non-hydrogen) atoms. The molecular formula is C36H35F9N4O3. The van der Waals surface area contributed by atoms with Gasteiger partial charge in [-0.2, -0.15) is 39.5 Å². The van der Waals surface area contributed by atoms with E-state index in [1.807, 2.05) is 30.3 Å².